The molecule has 0 fully saturated rings. The molecule has 3 aromatic rings. The zero-order valence-corrected chi connectivity index (χ0v) is 18.2. The van der Waals surface area contributed by atoms with Crippen molar-refractivity contribution in [1.82, 2.24) is 4.98 Å². The van der Waals surface area contributed by atoms with Crippen molar-refractivity contribution in [2.45, 2.75) is 41.2 Å². The predicted octanol–water partition coefficient (Wildman–Crippen LogP) is 5.55. The first-order valence-electron chi connectivity index (χ1n) is 9.41. The molecule has 3 rings (SSSR count). The number of nitrogens with zero attached hydrogens (tertiary/aromatic N) is 2. The molecule has 0 atom stereocenters. The molecule has 0 saturated heterocycles. The summed E-state index contributed by atoms with van der Waals surface area (Å²) in [5.41, 5.74) is 11.7. The lowest BCUT2D eigenvalue weighted by Gasteiger charge is -2.18. The van der Waals surface area contributed by atoms with Gasteiger partial charge in [0.05, 0.1) is 11.9 Å². The number of carbonyl (C=O) groups is 1. The Balaban J connectivity index is 1.79. The van der Waals surface area contributed by atoms with Crippen molar-refractivity contribution in [2.24, 2.45) is 5.10 Å². The van der Waals surface area contributed by atoms with Crippen LogP contribution < -0.4 is 5.43 Å². The van der Waals surface area contributed by atoms with Crippen LogP contribution in [-0.4, -0.2) is 17.2 Å². The second kappa shape index (κ2) is 9.01. The number of carbonyl (C=O) groups excluding carboxylic acids is 1. The fourth-order valence-electron chi connectivity index (χ4n) is 3.22. The Kier molecular flexibility index (Phi) is 6.44. The van der Waals surface area contributed by atoms with Crippen LogP contribution in [-0.2, 0) is 16.1 Å². The van der Waals surface area contributed by atoms with E-state index in [0.717, 1.165) is 49.8 Å². The lowest BCUT2D eigenvalue weighted by Crippen LogP contribution is -2.08. The summed E-state index contributed by atoms with van der Waals surface area (Å²) >= 11 is 1.52. The van der Waals surface area contributed by atoms with E-state index in [2.05, 4.69) is 43.2 Å². The molecule has 2 aromatic carbocycles. The second-order valence-electron chi connectivity index (χ2n) is 6.95. The molecule has 29 heavy (non-hydrogen) atoms. The highest BCUT2D eigenvalue weighted by molar-refractivity contribution is 7.14. The summed E-state index contributed by atoms with van der Waals surface area (Å²) in [4.78, 5) is 15.8. The van der Waals surface area contributed by atoms with Crippen molar-refractivity contribution >= 4 is 28.7 Å². The van der Waals surface area contributed by atoms with Gasteiger partial charge in [-0.25, -0.2) is 4.98 Å². The highest BCUT2D eigenvalue weighted by Gasteiger charge is 2.14. The molecule has 0 unspecified atom stereocenters. The van der Waals surface area contributed by atoms with Crippen molar-refractivity contribution in [1.29, 1.82) is 0 Å². The topological polar surface area (TPSA) is 63.6 Å². The third-order valence-corrected chi connectivity index (χ3v) is 5.93. The number of benzene rings is 2. The number of rotatable bonds is 6. The van der Waals surface area contributed by atoms with E-state index in [0.29, 0.717) is 6.61 Å². The van der Waals surface area contributed by atoms with Crippen molar-refractivity contribution in [3.8, 4) is 11.3 Å². The van der Waals surface area contributed by atoms with E-state index in [1.54, 1.807) is 0 Å². The van der Waals surface area contributed by atoms with Crippen molar-refractivity contribution in [2.75, 3.05) is 5.43 Å². The summed E-state index contributed by atoms with van der Waals surface area (Å²) in [7, 11) is 0. The van der Waals surface area contributed by atoms with Gasteiger partial charge in [-0.05, 0) is 55.5 Å². The minimum absolute atomic E-state index is 0.271. The van der Waals surface area contributed by atoms with Gasteiger partial charge in [-0.2, -0.15) is 5.10 Å². The molecular formula is C23H25N3O2S. The number of aromatic nitrogens is 1. The molecule has 0 amide bonds. The zero-order valence-electron chi connectivity index (χ0n) is 17.4. The molecule has 0 bridgehead atoms. The van der Waals surface area contributed by atoms with Crippen LogP contribution >= 0.6 is 11.3 Å². The molecule has 5 nitrogen and oxygen atoms in total. The highest BCUT2D eigenvalue weighted by atomic mass is 32.1. The van der Waals surface area contributed by atoms with Gasteiger partial charge in [0.15, 0.2) is 0 Å². The fourth-order valence-corrected chi connectivity index (χ4v) is 3.89. The summed E-state index contributed by atoms with van der Waals surface area (Å²) in [6.07, 6.45) is 1.84. The molecule has 0 radical (unpaired) electrons. The third kappa shape index (κ3) is 4.71. The minimum atomic E-state index is -0.271. The van der Waals surface area contributed by atoms with Crippen LogP contribution in [0.2, 0.25) is 0 Å². The fraction of sp³-hybridized carbons (Fsp3) is 0.261. The van der Waals surface area contributed by atoms with Gasteiger partial charge in [0, 0.05) is 23.4 Å². The van der Waals surface area contributed by atoms with Gasteiger partial charge < -0.3 is 4.74 Å². The van der Waals surface area contributed by atoms with Gasteiger partial charge in [-0.15, -0.1) is 11.3 Å². The number of hydrogen-bond donors (Lipinski definition) is 1. The number of ether oxygens (including phenoxy) is 1. The van der Waals surface area contributed by atoms with E-state index >= 15 is 0 Å². The smallest absolute Gasteiger partial charge is 0.302 e. The molecule has 0 saturated carbocycles. The molecule has 6 heteroatoms. The number of anilines is 1. The molecule has 0 aliphatic heterocycles. The predicted molar refractivity (Wildman–Crippen MR) is 120 cm³/mol. The van der Waals surface area contributed by atoms with E-state index < -0.39 is 0 Å². The van der Waals surface area contributed by atoms with Gasteiger partial charge in [0.2, 0.25) is 5.13 Å². The maximum Gasteiger partial charge on any atom is 0.302 e. The Bertz CT molecular complexity index is 1030. The number of hydrazone groups is 1. The van der Waals surface area contributed by atoms with Crippen LogP contribution in [0, 0.1) is 27.7 Å². The summed E-state index contributed by atoms with van der Waals surface area (Å²) < 4.78 is 5.23. The van der Waals surface area contributed by atoms with Gasteiger partial charge >= 0.3 is 5.97 Å². The lowest BCUT2D eigenvalue weighted by atomic mass is 9.89. The first-order valence-corrected chi connectivity index (χ1v) is 10.3. The lowest BCUT2D eigenvalue weighted by molar-refractivity contribution is -0.142. The van der Waals surface area contributed by atoms with Gasteiger partial charge in [0.1, 0.15) is 6.61 Å². The average Bonchev–Trinajstić information content (AvgIpc) is 3.18. The summed E-state index contributed by atoms with van der Waals surface area (Å²) in [5.74, 6) is -0.271. The number of hydrogen-bond acceptors (Lipinski definition) is 6. The zero-order chi connectivity index (χ0) is 21.0. The van der Waals surface area contributed by atoms with E-state index in [-0.39, 0.29) is 5.97 Å². The molecule has 0 aliphatic rings. The Morgan fingerprint density at radius 3 is 2.38 bits per heavy atom. The van der Waals surface area contributed by atoms with Crippen LogP contribution in [0.1, 0.15) is 40.3 Å². The molecule has 150 valence electrons. The van der Waals surface area contributed by atoms with E-state index in [9.17, 15) is 4.79 Å². The molecule has 0 aliphatic carbocycles. The summed E-state index contributed by atoms with van der Waals surface area (Å²) in [6, 6.07) is 10.1. The van der Waals surface area contributed by atoms with Crippen molar-refractivity contribution < 1.29 is 9.53 Å². The van der Waals surface area contributed by atoms with Gasteiger partial charge in [-0.3, -0.25) is 10.2 Å². The van der Waals surface area contributed by atoms with Crippen molar-refractivity contribution in [3.05, 3.63) is 69.1 Å². The quantitative estimate of drug-likeness (QED) is 0.330. The van der Waals surface area contributed by atoms with Crippen LogP contribution in [0.15, 0.2) is 40.8 Å². The largest absolute Gasteiger partial charge is 0.461 e. The highest BCUT2D eigenvalue weighted by Crippen LogP contribution is 2.27. The van der Waals surface area contributed by atoms with Gasteiger partial charge in [0.25, 0.3) is 0 Å². The molecule has 0 spiro atoms. The monoisotopic (exact) mass is 407 g/mol. The van der Waals surface area contributed by atoms with Crippen molar-refractivity contribution in [3.63, 3.8) is 0 Å². The number of thiazole rings is 1. The second-order valence-corrected chi connectivity index (χ2v) is 7.80. The SMILES string of the molecule is CC(=O)OCc1c(C)c(C)c(C=NNc2nc(-c3ccccc3)cs2)c(C)c1C. The van der Waals surface area contributed by atoms with E-state index in [4.69, 9.17) is 4.74 Å². The molecule has 1 heterocycles. The van der Waals surface area contributed by atoms with Crippen LogP contribution in [0.4, 0.5) is 5.13 Å². The summed E-state index contributed by atoms with van der Waals surface area (Å²) in [6.45, 7) is 9.97. The van der Waals surface area contributed by atoms with Gasteiger partial charge in [-0.1, -0.05) is 30.3 Å². The minimum Gasteiger partial charge on any atom is -0.461 e. The Hall–Kier alpha value is -2.99. The maximum absolute atomic E-state index is 11.2. The van der Waals surface area contributed by atoms with E-state index in [1.807, 2.05) is 41.9 Å². The van der Waals surface area contributed by atoms with Crippen LogP contribution in [0.3, 0.4) is 0 Å². The Morgan fingerprint density at radius 2 is 1.76 bits per heavy atom. The number of esters is 1. The first kappa shape index (κ1) is 20.7. The Labute approximate surface area is 175 Å². The van der Waals surface area contributed by atoms with Crippen LogP contribution in [0.5, 0.6) is 0 Å². The Morgan fingerprint density at radius 1 is 1.10 bits per heavy atom. The van der Waals surface area contributed by atoms with Crippen LogP contribution in [0.25, 0.3) is 11.3 Å². The molecule has 1 N–H and O–H groups in total. The maximum atomic E-state index is 11.2. The normalized spacial score (nSPS) is 11.1. The summed E-state index contributed by atoms with van der Waals surface area (Å²) in [5, 5.41) is 7.18. The third-order valence-electron chi connectivity index (χ3n) is 5.19. The van der Waals surface area contributed by atoms with E-state index in [1.165, 1.54) is 18.3 Å². The average molecular weight is 408 g/mol. The number of nitrogens with one attached hydrogen (secondary N) is 1. The molecule has 1 aromatic heterocycles. The first-order chi connectivity index (χ1) is 13.9. The standard InChI is InChI=1S/C23H25N3O2S/c1-14-16(3)21(12-28-18(5)27)17(4)15(2)20(14)11-24-26-23-25-22(13-29-23)19-9-7-6-8-10-19/h6-11,13H,12H2,1-5H3,(H,25,26). The molecular weight excluding hydrogens is 382 g/mol.